The number of halogens is 3. The molecule has 0 saturated heterocycles. The van der Waals surface area contributed by atoms with E-state index in [1.165, 1.54) is 11.9 Å². The molecular formula is C19H22F3N3O. The van der Waals surface area contributed by atoms with Crippen LogP contribution in [0.25, 0.3) is 0 Å². The highest BCUT2D eigenvalue weighted by molar-refractivity contribution is 5.95. The summed E-state index contributed by atoms with van der Waals surface area (Å²) in [5, 5.41) is 3.50. The fourth-order valence-corrected chi connectivity index (χ4v) is 3.32. The van der Waals surface area contributed by atoms with Crippen molar-refractivity contribution in [1.29, 1.82) is 0 Å². The van der Waals surface area contributed by atoms with Gasteiger partial charge >= 0.3 is 0 Å². The maximum Gasteiger partial charge on any atom is 0.283 e. The van der Waals surface area contributed by atoms with E-state index < -0.39 is 29.5 Å². The van der Waals surface area contributed by atoms with E-state index in [2.05, 4.69) is 5.10 Å². The minimum Gasteiger partial charge on any atom is -0.331 e. The van der Waals surface area contributed by atoms with Crippen LogP contribution in [0.3, 0.4) is 0 Å². The standard InChI is InChI=1S/C19H22F3N3O/c1-3-12-7-4-5-8-13(12)11-25(14-9-6-10-14)19(26)15-16(17(20)21)23-24(2)18(15)22/h4-5,7-8,14,17H,3,6,9-11H2,1-2H3. The van der Waals surface area contributed by atoms with Crippen molar-refractivity contribution >= 4 is 5.91 Å². The van der Waals surface area contributed by atoms with Crippen molar-refractivity contribution in [2.45, 2.75) is 51.6 Å². The highest BCUT2D eigenvalue weighted by Gasteiger charge is 2.36. The van der Waals surface area contributed by atoms with Gasteiger partial charge in [0.2, 0.25) is 5.95 Å². The molecule has 0 aliphatic heterocycles. The predicted molar refractivity (Wildman–Crippen MR) is 91.5 cm³/mol. The van der Waals surface area contributed by atoms with E-state index >= 15 is 0 Å². The second-order valence-corrected chi connectivity index (χ2v) is 6.62. The molecule has 1 aromatic heterocycles. The number of benzene rings is 1. The van der Waals surface area contributed by atoms with Crippen LogP contribution >= 0.6 is 0 Å². The first kappa shape index (κ1) is 18.5. The Bertz CT molecular complexity index is 799. The number of aromatic nitrogens is 2. The van der Waals surface area contributed by atoms with Crippen LogP contribution in [0.1, 0.15) is 59.8 Å². The van der Waals surface area contributed by atoms with Crippen molar-refractivity contribution in [3.05, 3.63) is 52.6 Å². The number of amides is 1. The molecule has 0 unspecified atom stereocenters. The Hall–Kier alpha value is -2.31. The summed E-state index contributed by atoms with van der Waals surface area (Å²) in [4.78, 5) is 14.6. The lowest BCUT2D eigenvalue weighted by Crippen LogP contribution is -2.44. The molecule has 0 bridgehead atoms. The molecular weight excluding hydrogens is 343 g/mol. The second-order valence-electron chi connectivity index (χ2n) is 6.62. The summed E-state index contributed by atoms with van der Waals surface area (Å²) in [6.45, 7) is 2.30. The molecule has 1 aromatic carbocycles. The lowest BCUT2D eigenvalue weighted by molar-refractivity contribution is 0.0540. The maximum absolute atomic E-state index is 14.4. The quantitative estimate of drug-likeness (QED) is 0.767. The number of nitrogens with zero attached hydrogens (tertiary/aromatic N) is 3. The van der Waals surface area contributed by atoms with E-state index in [1.807, 2.05) is 31.2 Å². The molecule has 4 nitrogen and oxygen atoms in total. The SMILES string of the molecule is CCc1ccccc1CN(C(=O)c1c(C(F)F)nn(C)c1F)C1CCC1. The van der Waals surface area contributed by atoms with Crippen molar-refractivity contribution in [1.82, 2.24) is 14.7 Å². The fourth-order valence-electron chi connectivity index (χ4n) is 3.32. The summed E-state index contributed by atoms with van der Waals surface area (Å²) in [7, 11) is 1.22. The van der Waals surface area contributed by atoms with Crippen molar-refractivity contribution in [3.8, 4) is 0 Å². The number of alkyl halides is 2. The monoisotopic (exact) mass is 365 g/mol. The van der Waals surface area contributed by atoms with Gasteiger partial charge in [-0.15, -0.1) is 0 Å². The lowest BCUT2D eigenvalue weighted by atomic mass is 9.90. The van der Waals surface area contributed by atoms with Gasteiger partial charge in [0.15, 0.2) is 0 Å². The predicted octanol–water partition coefficient (Wildman–Crippen LogP) is 4.25. The van der Waals surface area contributed by atoms with E-state index in [-0.39, 0.29) is 12.6 Å². The van der Waals surface area contributed by atoms with Crippen LogP contribution in [-0.4, -0.2) is 26.6 Å². The number of carbonyl (C=O) groups excluding carboxylic acids is 1. The maximum atomic E-state index is 14.4. The molecule has 1 aliphatic rings. The molecule has 0 N–H and O–H groups in total. The number of hydrogen-bond donors (Lipinski definition) is 0. The van der Waals surface area contributed by atoms with Gasteiger partial charge < -0.3 is 4.90 Å². The molecule has 2 aromatic rings. The highest BCUT2D eigenvalue weighted by Crippen LogP contribution is 2.31. The van der Waals surface area contributed by atoms with Crippen LogP contribution < -0.4 is 0 Å². The van der Waals surface area contributed by atoms with Gasteiger partial charge in [0.25, 0.3) is 12.3 Å². The number of rotatable bonds is 6. The third-order valence-electron chi connectivity index (χ3n) is 5.04. The van der Waals surface area contributed by atoms with Gasteiger partial charge in [-0.2, -0.15) is 9.49 Å². The zero-order valence-corrected chi connectivity index (χ0v) is 14.9. The molecule has 0 spiro atoms. The van der Waals surface area contributed by atoms with Crippen molar-refractivity contribution in [3.63, 3.8) is 0 Å². The average molecular weight is 365 g/mol. The summed E-state index contributed by atoms with van der Waals surface area (Å²) in [6, 6.07) is 7.65. The molecule has 1 heterocycles. The minimum absolute atomic E-state index is 0.0578. The van der Waals surface area contributed by atoms with Crippen molar-refractivity contribution in [2.75, 3.05) is 0 Å². The Morgan fingerprint density at radius 2 is 1.96 bits per heavy atom. The molecule has 26 heavy (non-hydrogen) atoms. The van der Waals surface area contributed by atoms with Gasteiger partial charge in [0, 0.05) is 19.6 Å². The first-order valence-corrected chi connectivity index (χ1v) is 8.82. The first-order valence-electron chi connectivity index (χ1n) is 8.82. The number of hydrogen-bond acceptors (Lipinski definition) is 2. The molecule has 0 atom stereocenters. The third kappa shape index (κ3) is 3.34. The second kappa shape index (κ2) is 7.51. The van der Waals surface area contributed by atoms with E-state index in [0.717, 1.165) is 36.8 Å². The molecule has 0 radical (unpaired) electrons. The van der Waals surface area contributed by atoms with Crippen molar-refractivity contribution < 1.29 is 18.0 Å². The lowest BCUT2D eigenvalue weighted by Gasteiger charge is -2.38. The van der Waals surface area contributed by atoms with Crippen LogP contribution in [0.4, 0.5) is 13.2 Å². The van der Waals surface area contributed by atoms with Gasteiger partial charge in [0.05, 0.1) is 0 Å². The Kier molecular flexibility index (Phi) is 5.34. The summed E-state index contributed by atoms with van der Waals surface area (Å²) in [5.74, 6) is -1.72. The Morgan fingerprint density at radius 3 is 2.50 bits per heavy atom. The van der Waals surface area contributed by atoms with E-state index in [4.69, 9.17) is 0 Å². The van der Waals surface area contributed by atoms with Crippen molar-refractivity contribution in [2.24, 2.45) is 7.05 Å². The van der Waals surface area contributed by atoms with Gasteiger partial charge in [-0.05, 0) is 36.8 Å². The molecule has 1 fully saturated rings. The number of carbonyl (C=O) groups is 1. The molecule has 1 aliphatic carbocycles. The normalized spacial score (nSPS) is 14.5. The van der Waals surface area contributed by atoms with Gasteiger partial charge in [-0.3, -0.25) is 4.79 Å². The highest BCUT2D eigenvalue weighted by atomic mass is 19.3. The molecule has 3 rings (SSSR count). The molecule has 140 valence electrons. The van der Waals surface area contributed by atoms with Crippen LogP contribution in [0.15, 0.2) is 24.3 Å². The minimum atomic E-state index is -3.00. The topological polar surface area (TPSA) is 38.1 Å². The Balaban J connectivity index is 1.98. The van der Waals surface area contributed by atoms with Gasteiger partial charge in [0.1, 0.15) is 11.3 Å². The Labute approximate surface area is 150 Å². The first-order chi connectivity index (χ1) is 12.4. The smallest absolute Gasteiger partial charge is 0.283 e. The third-order valence-corrected chi connectivity index (χ3v) is 5.04. The number of aryl methyl sites for hydroxylation is 2. The summed E-state index contributed by atoms with van der Waals surface area (Å²) < 4.78 is 41.6. The summed E-state index contributed by atoms with van der Waals surface area (Å²) >= 11 is 0. The molecule has 1 saturated carbocycles. The van der Waals surface area contributed by atoms with Gasteiger partial charge in [-0.25, -0.2) is 13.5 Å². The zero-order chi connectivity index (χ0) is 18.8. The van der Waals surface area contributed by atoms with E-state index in [0.29, 0.717) is 4.68 Å². The molecule has 1 amide bonds. The van der Waals surface area contributed by atoms with Gasteiger partial charge in [-0.1, -0.05) is 31.2 Å². The largest absolute Gasteiger partial charge is 0.331 e. The average Bonchev–Trinajstić information content (AvgIpc) is 2.88. The Morgan fingerprint density at radius 1 is 1.31 bits per heavy atom. The summed E-state index contributed by atoms with van der Waals surface area (Å²) in [5.41, 5.74) is 0.648. The fraction of sp³-hybridized carbons (Fsp3) is 0.474. The van der Waals surface area contributed by atoms with Crippen LogP contribution in [0.2, 0.25) is 0 Å². The van der Waals surface area contributed by atoms with Crippen LogP contribution in [0.5, 0.6) is 0 Å². The molecule has 7 heteroatoms. The van der Waals surface area contributed by atoms with E-state index in [1.54, 1.807) is 0 Å². The van der Waals surface area contributed by atoms with E-state index in [9.17, 15) is 18.0 Å². The van der Waals surface area contributed by atoms with Crippen LogP contribution in [-0.2, 0) is 20.0 Å². The zero-order valence-electron chi connectivity index (χ0n) is 14.9. The summed E-state index contributed by atoms with van der Waals surface area (Å²) in [6.07, 6.45) is 0.363. The van der Waals surface area contributed by atoms with Crippen LogP contribution in [0, 0.1) is 5.95 Å².